The maximum Gasteiger partial charge on any atom is 0.310 e. The Labute approximate surface area is 131 Å². The minimum Gasteiger partial charge on any atom is -0.272 e. The number of benzene rings is 2. The summed E-state index contributed by atoms with van der Waals surface area (Å²) in [5.74, 6) is 0. The van der Waals surface area contributed by atoms with Crippen LogP contribution in [-0.4, -0.2) is 0 Å². The molecule has 0 fully saturated rings. The van der Waals surface area contributed by atoms with Crippen LogP contribution in [0.3, 0.4) is 0 Å². The number of fused-ring (bicyclic) bond motifs is 1. The van der Waals surface area contributed by atoms with Gasteiger partial charge in [0.15, 0.2) is 0 Å². The molecule has 1 heterocycles. The van der Waals surface area contributed by atoms with Crippen molar-refractivity contribution in [2.45, 2.75) is 10.9 Å². The first-order valence-electron chi connectivity index (χ1n) is 6.12. The Kier molecular flexibility index (Phi) is 2.89. The summed E-state index contributed by atoms with van der Waals surface area (Å²) in [6.45, 7) is 0. The zero-order valence-corrected chi connectivity index (χ0v) is 13.2. The molecule has 0 N–H and O–H groups in total. The highest BCUT2D eigenvalue weighted by Crippen LogP contribution is 3.01. The minimum absolute atomic E-state index is 0.0655. The Morgan fingerprint density at radius 3 is 2.32 bits per heavy atom. The molecule has 118 valence electrons. The quantitative estimate of drug-likeness (QED) is 0.612. The van der Waals surface area contributed by atoms with Crippen LogP contribution < -0.4 is 10.6 Å². The van der Waals surface area contributed by atoms with Crippen molar-refractivity contribution in [3.05, 3.63) is 63.1 Å². The molecule has 0 aromatic heterocycles. The fourth-order valence-electron chi connectivity index (χ4n) is 2.24. The van der Waals surface area contributed by atoms with Crippen molar-refractivity contribution in [1.82, 2.24) is 0 Å². The van der Waals surface area contributed by atoms with E-state index < -0.39 is 21.2 Å². The summed E-state index contributed by atoms with van der Waals surface area (Å²) >= 11 is 3.30. The Balaban J connectivity index is 2.12. The van der Waals surface area contributed by atoms with Crippen LogP contribution in [0.5, 0.6) is 0 Å². The van der Waals surface area contributed by atoms with Crippen LogP contribution in [0.1, 0.15) is 11.6 Å². The van der Waals surface area contributed by atoms with Crippen molar-refractivity contribution in [3.8, 4) is 0 Å². The second kappa shape index (κ2) is 4.11. The number of hydrogen-bond acceptors (Lipinski definition) is 1. The lowest BCUT2D eigenvalue weighted by Gasteiger charge is -2.40. The van der Waals surface area contributed by atoms with Crippen molar-refractivity contribution in [3.63, 3.8) is 0 Å². The van der Waals surface area contributed by atoms with Gasteiger partial charge in [-0.3, -0.25) is 4.99 Å². The van der Waals surface area contributed by atoms with E-state index >= 15 is 0 Å². The molecule has 0 saturated carbocycles. The molecule has 1 nitrogen and oxygen atoms in total. The zero-order valence-electron chi connectivity index (χ0n) is 10.8. The van der Waals surface area contributed by atoms with Crippen LogP contribution >= 0.6 is 26.2 Å². The van der Waals surface area contributed by atoms with E-state index in [0.29, 0.717) is 12.1 Å². The lowest BCUT2D eigenvalue weighted by Crippen LogP contribution is -2.23. The molecule has 1 atom stereocenters. The third-order valence-electron chi connectivity index (χ3n) is 3.25. The van der Waals surface area contributed by atoms with Crippen molar-refractivity contribution in [1.29, 1.82) is 0 Å². The molecule has 0 amide bonds. The molecule has 0 aliphatic carbocycles. The monoisotopic (exact) mass is 397 g/mol. The summed E-state index contributed by atoms with van der Waals surface area (Å²) in [5, 5.41) is 0.339. The van der Waals surface area contributed by atoms with E-state index in [0.717, 1.165) is 16.1 Å². The number of hydrogen-bond donors (Lipinski definition) is 0. The Bertz CT molecular complexity index is 892. The van der Waals surface area contributed by atoms with Gasteiger partial charge in [0, 0.05) is 4.47 Å². The van der Waals surface area contributed by atoms with E-state index in [-0.39, 0.29) is 10.6 Å². The average molecular weight is 398 g/mol. The zero-order chi connectivity index (χ0) is 16.2. The molecule has 0 unspecified atom stereocenters. The van der Waals surface area contributed by atoms with Gasteiger partial charge in [-0.1, -0.05) is 47.5 Å². The molecular weight excluding hydrogens is 389 g/mol. The van der Waals surface area contributed by atoms with Crippen molar-refractivity contribution in [2.24, 2.45) is 4.99 Å². The molecule has 2 aromatic carbocycles. The normalized spacial score (nSPS) is 20.4. The van der Waals surface area contributed by atoms with Gasteiger partial charge in [-0.25, -0.2) is 0 Å². The van der Waals surface area contributed by atoms with E-state index in [1.165, 1.54) is 6.08 Å². The van der Waals surface area contributed by atoms with Gasteiger partial charge in [0.25, 0.3) is 0 Å². The van der Waals surface area contributed by atoms with E-state index in [2.05, 4.69) is 20.9 Å². The highest BCUT2D eigenvalue weighted by molar-refractivity contribution is 9.10. The van der Waals surface area contributed by atoms with E-state index in [4.69, 9.17) is 0 Å². The second-order valence-electron chi connectivity index (χ2n) is 4.99. The molecule has 22 heavy (non-hydrogen) atoms. The third kappa shape index (κ3) is 3.03. The largest absolute Gasteiger partial charge is 0.310 e. The number of nitrogens with zero attached hydrogens (tertiary/aromatic N) is 1. The summed E-state index contributed by atoms with van der Waals surface area (Å²) in [6.07, 6.45) is 1.45. The summed E-state index contributed by atoms with van der Waals surface area (Å²) in [7, 11) is -9.66. The summed E-state index contributed by atoms with van der Waals surface area (Å²) < 4.78 is 65.0. The fourth-order valence-corrected chi connectivity index (χ4v) is 3.33. The van der Waals surface area contributed by atoms with E-state index in [1.807, 2.05) is 0 Å². The molecule has 3 rings (SSSR count). The molecule has 8 heteroatoms. The standard InChI is InChI=1S/C14H9BrF5NS/c15-11-3-1-2-9(6-11)14-8-10-7-12(4-5-13(10)21-14)22(16,17,18,19)20/h1-8,14H/t14-/m1/s1. The maximum atomic E-state index is 12.8. The third-order valence-corrected chi connectivity index (χ3v) is 4.89. The first-order valence-corrected chi connectivity index (χ1v) is 8.86. The van der Waals surface area contributed by atoms with Gasteiger partial charge in [0.05, 0.1) is 11.4 Å². The molecule has 1 aliphatic heterocycles. The fraction of sp³-hybridized carbons (Fsp3) is 0.0714. The first kappa shape index (κ1) is 15.5. The van der Waals surface area contributed by atoms with Crippen LogP contribution in [0.4, 0.5) is 19.4 Å². The smallest absolute Gasteiger partial charge is 0.272 e. The summed E-state index contributed by atoms with van der Waals surface area (Å²) in [4.78, 5) is 2.37. The van der Waals surface area contributed by atoms with Crippen LogP contribution in [0.2, 0.25) is 0 Å². The SMILES string of the molecule is FS(F)(F)(F)(F)c1ccc2c(c1)=C[C@H](c1cccc(Br)c1)N=2. The molecular formula is C14H9BrF5NS. The van der Waals surface area contributed by atoms with Gasteiger partial charge in [-0.05, 0) is 47.2 Å². The van der Waals surface area contributed by atoms with Crippen LogP contribution in [-0.2, 0) is 0 Å². The van der Waals surface area contributed by atoms with E-state index in [9.17, 15) is 19.4 Å². The van der Waals surface area contributed by atoms with E-state index in [1.54, 1.807) is 24.3 Å². The van der Waals surface area contributed by atoms with Crippen LogP contribution in [0.25, 0.3) is 6.08 Å². The van der Waals surface area contributed by atoms with Crippen LogP contribution in [0, 0.1) is 0 Å². The second-order valence-corrected chi connectivity index (χ2v) is 8.31. The summed E-state index contributed by atoms with van der Waals surface area (Å²) in [6, 6.07) is 8.48. The molecule has 1 aliphatic rings. The topological polar surface area (TPSA) is 12.4 Å². The Hall–Kier alpha value is -1.41. The maximum absolute atomic E-state index is 12.8. The lowest BCUT2D eigenvalue weighted by atomic mass is 10.1. The number of halogens is 6. The molecule has 0 saturated heterocycles. The Morgan fingerprint density at radius 1 is 0.955 bits per heavy atom. The van der Waals surface area contributed by atoms with Crippen molar-refractivity contribution in [2.75, 3.05) is 0 Å². The van der Waals surface area contributed by atoms with Gasteiger partial charge < -0.3 is 0 Å². The molecule has 2 aromatic rings. The summed E-state index contributed by atoms with van der Waals surface area (Å²) in [5.41, 5.74) is 0.763. The highest BCUT2D eigenvalue weighted by Gasteiger charge is 2.65. The van der Waals surface area contributed by atoms with Gasteiger partial charge in [-0.2, -0.15) is 0 Å². The Morgan fingerprint density at radius 2 is 1.68 bits per heavy atom. The van der Waals surface area contributed by atoms with Crippen molar-refractivity contribution >= 4 is 32.2 Å². The predicted molar refractivity (Wildman–Crippen MR) is 80.0 cm³/mol. The lowest BCUT2D eigenvalue weighted by molar-refractivity contribution is 0.364. The number of rotatable bonds is 2. The van der Waals surface area contributed by atoms with Crippen molar-refractivity contribution < 1.29 is 19.4 Å². The van der Waals surface area contributed by atoms with Crippen LogP contribution in [0.15, 0.2) is 56.8 Å². The van der Waals surface area contributed by atoms with Gasteiger partial charge in [-0.15, -0.1) is 0 Å². The first-order chi connectivity index (χ1) is 9.92. The van der Waals surface area contributed by atoms with Gasteiger partial charge >= 0.3 is 10.2 Å². The molecule has 0 bridgehead atoms. The molecule has 0 spiro atoms. The average Bonchev–Trinajstić information content (AvgIpc) is 2.78. The predicted octanol–water partition coefficient (Wildman–Crippen LogP) is 5.26. The molecule has 0 radical (unpaired) electrons. The van der Waals surface area contributed by atoms with Gasteiger partial charge in [0.1, 0.15) is 4.90 Å². The minimum atomic E-state index is -9.66. The van der Waals surface area contributed by atoms with Gasteiger partial charge in [0.2, 0.25) is 0 Å². The highest BCUT2D eigenvalue weighted by atomic mass is 79.9.